The molecule has 3 aromatic rings. The summed E-state index contributed by atoms with van der Waals surface area (Å²) in [5.41, 5.74) is 3.33. The summed E-state index contributed by atoms with van der Waals surface area (Å²) in [6, 6.07) is 17.3. The summed E-state index contributed by atoms with van der Waals surface area (Å²) in [4.78, 5) is 25.2. The van der Waals surface area contributed by atoms with Crippen LogP contribution in [0.25, 0.3) is 23.0 Å². The van der Waals surface area contributed by atoms with Crippen molar-refractivity contribution in [3.05, 3.63) is 72.4 Å². The van der Waals surface area contributed by atoms with Gasteiger partial charge in [-0.1, -0.05) is 18.2 Å². The van der Waals surface area contributed by atoms with Gasteiger partial charge in [0.15, 0.2) is 0 Å². The highest BCUT2D eigenvalue weighted by Gasteiger charge is 2.13. The molecule has 0 saturated heterocycles. The Morgan fingerprint density at radius 1 is 1.13 bits per heavy atom. The Hall–Kier alpha value is -3.87. The first-order valence-electron chi connectivity index (χ1n) is 9.45. The van der Waals surface area contributed by atoms with E-state index in [2.05, 4.69) is 5.32 Å². The van der Waals surface area contributed by atoms with Gasteiger partial charge in [-0.05, 0) is 42.5 Å². The molecule has 3 rings (SSSR count). The average Bonchev–Trinajstić information content (AvgIpc) is 3.22. The Balaban J connectivity index is 1.94. The van der Waals surface area contributed by atoms with Crippen LogP contribution in [-0.2, 0) is 9.59 Å². The van der Waals surface area contributed by atoms with Gasteiger partial charge in [0, 0.05) is 37.5 Å². The third kappa shape index (κ3) is 4.94. The van der Waals surface area contributed by atoms with Crippen LogP contribution in [-0.4, -0.2) is 54.2 Å². The fourth-order valence-electron chi connectivity index (χ4n) is 2.86. The smallest absolute Gasteiger partial charge is 0.246 e. The second kappa shape index (κ2) is 9.56. The molecule has 154 valence electrons. The number of carbonyl (C=O) groups excluding carboxylic acids is 2. The van der Waals surface area contributed by atoms with Gasteiger partial charge in [0.05, 0.1) is 25.0 Å². The van der Waals surface area contributed by atoms with Gasteiger partial charge in [-0.2, -0.15) is 5.10 Å². The Morgan fingerprint density at radius 3 is 2.47 bits per heavy atom. The summed E-state index contributed by atoms with van der Waals surface area (Å²) in [5.74, 6) is 0.256. The minimum atomic E-state index is -0.272. The average molecular weight is 404 g/mol. The van der Waals surface area contributed by atoms with Gasteiger partial charge in [-0.25, -0.2) is 4.68 Å². The highest BCUT2D eigenvalue weighted by atomic mass is 16.5. The molecular weight excluding hydrogens is 380 g/mol. The van der Waals surface area contributed by atoms with Gasteiger partial charge in [-0.15, -0.1) is 0 Å². The van der Waals surface area contributed by atoms with Crippen molar-refractivity contribution in [3.8, 4) is 22.7 Å². The molecule has 7 nitrogen and oxygen atoms in total. The van der Waals surface area contributed by atoms with Crippen molar-refractivity contribution in [1.29, 1.82) is 0 Å². The van der Waals surface area contributed by atoms with Crippen molar-refractivity contribution in [2.45, 2.75) is 0 Å². The zero-order valence-electron chi connectivity index (χ0n) is 17.2. The zero-order valence-corrected chi connectivity index (χ0v) is 17.2. The second-order valence-electron chi connectivity index (χ2n) is 6.64. The molecule has 1 heterocycles. The van der Waals surface area contributed by atoms with Crippen molar-refractivity contribution in [3.63, 3.8) is 0 Å². The van der Waals surface area contributed by atoms with Crippen LogP contribution < -0.4 is 10.1 Å². The molecule has 2 aromatic carbocycles. The van der Waals surface area contributed by atoms with Crippen LogP contribution >= 0.6 is 0 Å². The van der Waals surface area contributed by atoms with E-state index < -0.39 is 0 Å². The Labute approximate surface area is 175 Å². The maximum atomic E-state index is 12.4. The number of methoxy groups -OCH3 is 1. The van der Waals surface area contributed by atoms with Crippen LogP contribution in [0.2, 0.25) is 0 Å². The van der Waals surface area contributed by atoms with E-state index in [-0.39, 0.29) is 18.4 Å². The van der Waals surface area contributed by atoms with E-state index >= 15 is 0 Å². The third-order valence-electron chi connectivity index (χ3n) is 4.57. The molecule has 1 N–H and O–H groups in total. The van der Waals surface area contributed by atoms with E-state index in [0.717, 1.165) is 28.3 Å². The molecule has 0 aliphatic rings. The largest absolute Gasteiger partial charge is 0.497 e. The van der Waals surface area contributed by atoms with Crippen LogP contribution in [0.1, 0.15) is 5.56 Å². The molecule has 0 atom stereocenters. The summed E-state index contributed by atoms with van der Waals surface area (Å²) >= 11 is 0. The number of ether oxygens (including phenoxy) is 1. The van der Waals surface area contributed by atoms with Crippen molar-refractivity contribution in [2.75, 3.05) is 27.7 Å². The molecule has 0 aliphatic heterocycles. The van der Waals surface area contributed by atoms with E-state index in [1.165, 1.54) is 18.0 Å². The standard InChI is InChI=1S/C23H24N4O3/c1-24-21(28)16-26(2)22(29)14-11-18-15-27(19-7-5-4-6-8-19)25-23(18)17-9-12-20(30-3)13-10-17/h4-15H,16H2,1-3H3,(H,24,28)/b14-11+. The van der Waals surface area contributed by atoms with Gasteiger partial charge in [0.25, 0.3) is 0 Å². The fraction of sp³-hybridized carbons (Fsp3) is 0.174. The SMILES string of the molecule is CNC(=O)CN(C)C(=O)/C=C/c1cn(-c2ccccc2)nc1-c1ccc(OC)cc1. The number of amides is 2. The number of aromatic nitrogens is 2. The van der Waals surface area contributed by atoms with E-state index in [4.69, 9.17) is 9.84 Å². The first-order chi connectivity index (χ1) is 14.5. The minimum absolute atomic E-state index is 0.00567. The number of benzene rings is 2. The molecule has 2 amide bonds. The fourth-order valence-corrected chi connectivity index (χ4v) is 2.86. The number of rotatable bonds is 7. The lowest BCUT2D eigenvalue weighted by molar-refractivity contribution is -0.130. The van der Waals surface area contributed by atoms with Crippen LogP contribution in [0, 0.1) is 0 Å². The molecule has 0 aliphatic carbocycles. The van der Waals surface area contributed by atoms with Crippen LogP contribution in [0.5, 0.6) is 5.75 Å². The lowest BCUT2D eigenvalue weighted by Gasteiger charge is -2.13. The molecule has 0 radical (unpaired) electrons. The maximum Gasteiger partial charge on any atom is 0.246 e. The summed E-state index contributed by atoms with van der Waals surface area (Å²) in [6.45, 7) is -0.00567. The topological polar surface area (TPSA) is 76.5 Å². The van der Waals surface area contributed by atoms with E-state index in [1.807, 2.05) is 60.8 Å². The second-order valence-corrected chi connectivity index (χ2v) is 6.64. The van der Waals surface area contributed by atoms with Crippen molar-refractivity contribution >= 4 is 17.9 Å². The van der Waals surface area contributed by atoms with Gasteiger partial charge >= 0.3 is 0 Å². The highest BCUT2D eigenvalue weighted by Crippen LogP contribution is 2.26. The van der Waals surface area contributed by atoms with E-state index in [9.17, 15) is 9.59 Å². The minimum Gasteiger partial charge on any atom is -0.497 e. The normalized spacial score (nSPS) is 10.8. The summed E-state index contributed by atoms with van der Waals surface area (Å²) < 4.78 is 7.01. The molecule has 0 saturated carbocycles. The number of likely N-dealkylation sites (N-methyl/N-ethyl adjacent to an activating group) is 2. The predicted molar refractivity (Wildman–Crippen MR) is 116 cm³/mol. The first-order valence-corrected chi connectivity index (χ1v) is 9.45. The molecule has 7 heteroatoms. The van der Waals surface area contributed by atoms with Crippen LogP contribution in [0.3, 0.4) is 0 Å². The van der Waals surface area contributed by atoms with Crippen molar-refractivity contribution in [1.82, 2.24) is 20.0 Å². The molecular formula is C23H24N4O3. The molecule has 0 fully saturated rings. The van der Waals surface area contributed by atoms with Gasteiger partial charge in [-0.3, -0.25) is 9.59 Å². The summed E-state index contributed by atoms with van der Waals surface area (Å²) in [6.07, 6.45) is 5.04. The number of carbonyl (C=O) groups is 2. The van der Waals surface area contributed by atoms with Gasteiger partial charge in [0.2, 0.25) is 11.8 Å². The van der Waals surface area contributed by atoms with E-state index in [1.54, 1.807) is 24.9 Å². The molecule has 1 aromatic heterocycles. The summed E-state index contributed by atoms with van der Waals surface area (Å²) in [7, 11) is 4.74. The van der Waals surface area contributed by atoms with Crippen molar-refractivity contribution < 1.29 is 14.3 Å². The Morgan fingerprint density at radius 2 is 1.83 bits per heavy atom. The number of nitrogens with zero attached hydrogens (tertiary/aromatic N) is 3. The lowest BCUT2D eigenvalue weighted by Crippen LogP contribution is -2.35. The number of para-hydroxylation sites is 1. The molecule has 0 spiro atoms. The van der Waals surface area contributed by atoms with Gasteiger partial charge < -0.3 is 15.0 Å². The number of hydrogen-bond acceptors (Lipinski definition) is 4. The predicted octanol–water partition coefficient (Wildman–Crippen LogP) is 2.77. The monoisotopic (exact) mass is 404 g/mol. The Kier molecular flexibility index (Phi) is 6.64. The lowest BCUT2D eigenvalue weighted by atomic mass is 10.1. The van der Waals surface area contributed by atoms with Crippen LogP contribution in [0.15, 0.2) is 66.9 Å². The van der Waals surface area contributed by atoms with Crippen molar-refractivity contribution in [2.24, 2.45) is 0 Å². The maximum absolute atomic E-state index is 12.4. The number of hydrogen-bond donors (Lipinski definition) is 1. The van der Waals surface area contributed by atoms with Gasteiger partial charge in [0.1, 0.15) is 5.75 Å². The van der Waals surface area contributed by atoms with Crippen LogP contribution in [0.4, 0.5) is 0 Å². The zero-order chi connectivity index (χ0) is 21.5. The van der Waals surface area contributed by atoms with E-state index in [0.29, 0.717) is 0 Å². The Bertz CT molecular complexity index is 1040. The molecule has 0 unspecified atom stereocenters. The number of nitrogens with one attached hydrogen (secondary N) is 1. The first kappa shape index (κ1) is 20.9. The summed E-state index contributed by atoms with van der Waals surface area (Å²) in [5, 5.41) is 7.23. The molecule has 0 bridgehead atoms. The third-order valence-corrected chi connectivity index (χ3v) is 4.57. The molecule has 30 heavy (non-hydrogen) atoms. The quantitative estimate of drug-likeness (QED) is 0.615. The highest BCUT2D eigenvalue weighted by molar-refractivity contribution is 5.95.